The van der Waals surface area contributed by atoms with Crippen molar-refractivity contribution >= 4 is 27.3 Å². The molecule has 1 aromatic rings. The Morgan fingerprint density at radius 1 is 1.56 bits per heavy atom. The summed E-state index contributed by atoms with van der Waals surface area (Å²) in [5, 5.41) is 0. The molecule has 1 atom stereocenters. The Morgan fingerprint density at radius 2 is 2.31 bits per heavy atom. The smallest absolute Gasteiger partial charge is 0.0702 e. The number of rotatable bonds is 3. The summed E-state index contributed by atoms with van der Waals surface area (Å²) in [7, 11) is 0. The molecular weight excluding hydrogens is 284 g/mol. The van der Waals surface area contributed by atoms with Crippen LogP contribution in [0.3, 0.4) is 0 Å². The van der Waals surface area contributed by atoms with Crippen molar-refractivity contribution < 1.29 is 0 Å². The average molecular weight is 303 g/mol. The molecule has 2 nitrogen and oxygen atoms in total. The zero-order valence-corrected chi connectivity index (χ0v) is 12.3. The molecule has 0 spiro atoms. The molecule has 0 aliphatic carbocycles. The highest BCUT2D eigenvalue weighted by Crippen LogP contribution is 2.38. The summed E-state index contributed by atoms with van der Waals surface area (Å²) < 4.78 is 1.19. The van der Waals surface area contributed by atoms with Crippen LogP contribution < -0.4 is 5.73 Å². The van der Waals surface area contributed by atoms with Crippen LogP contribution in [0.4, 0.5) is 0 Å². The van der Waals surface area contributed by atoms with Crippen molar-refractivity contribution in [3.63, 3.8) is 0 Å². The van der Waals surface area contributed by atoms with Gasteiger partial charge < -0.3 is 5.73 Å². The zero-order chi connectivity index (χ0) is 11.8. The summed E-state index contributed by atoms with van der Waals surface area (Å²) >= 11 is 5.33. The van der Waals surface area contributed by atoms with Crippen molar-refractivity contribution in [2.24, 2.45) is 5.73 Å². The molecule has 16 heavy (non-hydrogen) atoms. The monoisotopic (exact) mass is 302 g/mol. The predicted molar refractivity (Wildman–Crippen MR) is 73.8 cm³/mol. The molecule has 1 saturated heterocycles. The molecule has 1 aromatic heterocycles. The Bertz CT molecular complexity index is 362. The van der Waals surface area contributed by atoms with E-state index in [2.05, 4.69) is 46.8 Å². The SMILES string of the molecule is CC1(C)CCCN1C(CN)c1ccc(Br)s1. The van der Waals surface area contributed by atoms with Gasteiger partial charge in [0.2, 0.25) is 0 Å². The Labute approximate surface area is 110 Å². The van der Waals surface area contributed by atoms with Crippen LogP contribution in [0.5, 0.6) is 0 Å². The average Bonchev–Trinajstić information content (AvgIpc) is 2.76. The highest BCUT2D eigenvalue weighted by atomic mass is 79.9. The van der Waals surface area contributed by atoms with Gasteiger partial charge >= 0.3 is 0 Å². The fourth-order valence-electron chi connectivity index (χ4n) is 2.61. The normalized spacial score (nSPS) is 22.5. The molecule has 2 heterocycles. The molecule has 0 saturated carbocycles. The van der Waals surface area contributed by atoms with Gasteiger partial charge in [0.1, 0.15) is 0 Å². The third-order valence-corrected chi connectivity index (χ3v) is 5.21. The maximum absolute atomic E-state index is 5.96. The van der Waals surface area contributed by atoms with Crippen LogP contribution >= 0.6 is 27.3 Å². The van der Waals surface area contributed by atoms with E-state index in [4.69, 9.17) is 5.73 Å². The number of nitrogens with zero attached hydrogens (tertiary/aromatic N) is 1. The van der Waals surface area contributed by atoms with E-state index in [-0.39, 0.29) is 0 Å². The molecule has 0 aromatic carbocycles. The van der Waals surface area contributed by atoms with Crippen LogP contribution in [0.25, 0.3) is 0 Å². The largest absolute Gasteiger partial charge is 0.329 e. The molecule has 1 aliphatic heterocycles. The number of hydrogen-bond acceptors (Lipinski definition) is 3. The Morgan fingerprint density at radius 3 is 2.75 bits per heavy atom. The van der Waals surface area contributed by atoms with Crippen molar-refractivity contribution in [2.75, 3.05) is 13.1 Å². The first kappa shape index (κ1) is 12.6. The molecule has 0 amide bonds. The lowest BCUT2D eigenvalue weighted by molar-refractivity contribution is 0.121. The summed E-state index contributed by atoms with van der Waals surface area (Å²) in [4.78, 5) is 3.94. The van der Waals surface area contributed by atoms with Crippen LogP contribution in [0.15, 0.2) is 15.9 Å². The van der Waals surface area contributed by atoms with Crippen molar-refractivity contribution in [2.45, 2.75) is 38.3 Å². The lowest BCUT2D eigenvalue weighted by Crippen LogP contribution is -2.43. The summed E-state index contributed by atoms with van der Waals surface area (Å²) in [6.07, 6.45) is 2.56. The molecule has 1 aliphatic rings. The maximum atomic E-state index is 5.96. The molecular formula is C12H19BrN2S. The number of halogens is 1. The summed E-state index contributed by atoms with van der Waals surface area (Å²) in [6.45, 7) is 6.53. The molecule has 90 valence electrons. The van der Waals surface area contributed by atoms with Crippen molar-refractivity contribution in [3.05, 3.63) is 20.8 Å². The van der Waals surface area contributed by atoms with Gasteiger partial charge in [-0.2, -0.15) is 0 Å². The predicted octanol–water partition coefficient (Wildman–Crippen LogP) is 3.38. The second kappa shape index (κ2) is 4.77. The third-order valence-electron chi connectivity index (χ3n) is 3.49. The quantitative estimate of drug-likeness (QED) is 0.927. The molecule has 0 bridgehead atoms. The van der Waals surface area contributed by atoms with E-state index < -0.39 is 0 Å². The van der Waals surface area contributed by atoms with Gasteiger partial charge in [0.05, 0.1) is 9.83 Å². The van der Waals surface area contributed by atoms with Gasteiger partial charge in [-0.3, -0.25) is 4.90 Å². The fourth-order valence-corrected chi connectivity index (χ4v) is 4.16. The van der Waals surface area contributed by atoms with E-state index >= 15 is 0 Å². The highest BCUT2D eigenvalue weighted by Gasteiger charge is 2.37. The van der Waals surface area contributed by atoms with Gasteiger partial charge in [-0.1, -0.05) is 0 Å². The standard InChI is InChI=1S/C12H19BrN2S/c1-12(2)6-3-7-15(12)9(8-14)10-4-5-11(13)16-10/h4-5,9H,3,6-8,14H2,1-2H3. The van der Waals surface area contributed by atoms with Gasteiger partial charge in [-0.15, -0.1) is 11.3 Å². The van der Waals surface area contributed by atoms with Crippen LogP contribution in [0.2, 0.25) is 0 Å². The van der Waals surface area contributed by atoms with Gasteiger partial charge in [0.25, 0.3) is 0 Å². The van der Waals surface area contributed by atoms with Crippen LogP contribution in [0.1, 0.15) is 37.6 Å². The molecule has 1 fully saturated rings. The second-order valence-electron chi connectivity index (χ2n) is 5.00. The van der Waals surface area contributed by atoms with Crippen LogP contribution in [0, 0.1) is 0 Å². The Kier molecular flexibility index (Phi) is 3.74. The topological polar surface area (TPSA) is 29.3 Å². The number of nitrogens with two attached hydrogens (primary N) is 1. The molecule has 2 rings (SSSR count). The maximum Gasteiger partial charge on any atom is 0.0702 e. The highest BCUT2D eigenvalue weighted by molar-refractivity contribution is 9.11. The van der Waals surface area contributed by atoms with Gasteiger partial charge in [0, 0.05) is 17.0 Å². The van der Waals surface area contributed by atoms with E-state index in [0.29, 0.717) is 18.1 Å². The van der Waals surface area contributed by atoms with E-state index in [1.54, 1.807) is 11.3 Å². The Balaban J connectivity index is 2.23. The van der Waals surface area contributed by atoms with Crippen molar-refractivity contribution in [1.29, 1.82) is 0 Å². The van der Waals surface area contributed by atoms with Crippen LogP contribution in [-0.4, -0.2) is 23.5 Å². The molecule has 0 radical (unpaired) electrons. The van der Waals surface area contributed by atoms with Gasteiger partial charge in [-0.25, -0.2) is 0 Å². The van der Waals surface area contributed by atoms with Crippen molar-refractivity contribution in [1.82, 2.24) is 4.90 Å². The number of hydrogen-bond donors (Lipinski definition) is 1. The number of thiophene rings is 1. The van der Waals surface area contributed by atoms with E-state index in [9.17, 15) is 0 Å². The van der Waals surface area contributed by atoms with Crippen LogP contribution in [-0.2, 0) is 0 Å². The summed E-state index contributed by atoms with van der Waals surface area (Å²) in [5.41, 5.74) is 6.26. The minimum Gasteiger partial charge on any atom is -0.329 e. The lowest BCUT2D eigenvalue weighted by Gasteiger charge is -2.37. The first-order valence-corrected chi connectivity index (χ1v) is 7.37. The van der Waals surface area contributed by atoms with Gasteiger partial charge in [-0.05, 0) is 61.3 Å². The third kappa shape index (κ3) is 2.35. The summed E-state index contributed by atoms with van der Waals surface area (Å²) in [6, 6.07) is 4.70. The first-order valence-electron chi connectivity index (χ1n) is 5.76. The molecule has 4 heteroatoms. The summed E-state index contributed by atoms with van der Waals surface area (Å²) in [5.74, 6) is 0. The minimum atomic E-state index is 0.292. The van der Waals surface area contributed by atoms with E-state index in [1.165, 1.54) is 28.0 Å². The zero-order valence-electron chi connectivity index (χ0n) is 9.87. The van der Waals surface area contributed by atoms with Crippen molar-refractivity contribution in [3.8, 4) is 0 Å². The van der Waals surface area contributed by atoms with Gasteiger partial charge in [0.15, 0.2) is 0 Å². The van der Waals surface area contributed by atoms with E-state index in [0.717, 1.165) is 0 Å². The fraction of sp³-hybridized carbons (Fsp3) is 0.667. The molecule has 1 unspecified atom stereocenters. The molecule has 2 N–H and O–H groups in total. The second-order valence-corrected chi connectivity index (χ2v) is 7.50. The Hall–Kier alpha value is 0.1000. The lowest BCUT2D eigenvalue weighted by atomic mass is 10.00. The number of likely N-dealkylation sites (tertiary alicyclic amines) is 1. The first-order chi connectivity index (χ1) is 7.54. The minimum absolute atomic E-state index is 0.292. The van der Waals surface area contributed by atoms with E-state index in [1.807, 2.05) is 0 Å².